The smallest absolute Gasteiger partial charge is 0.191 e. The number of aliphatic imine (C=N–C) groups is 1. The van der Waals surface area contributed by atoms with Crippen molar-refractivity contribution in [2.75, 3.05) is 38.2 Å². The Labute approximate surface area is 156 Å². The van der Waals surface area contributed by atoms with Crippen LogP contribution in [0.3, 0.4) is 0 Å². The molecule has 26 heavy (non-hydrogen) atoms. The Bertz CT molecular complexity index is 616. The Hall–Kier alpha value is -1.95. The van der Waals surface area contributed by atoms with Crippen LogP contribution in [-0.4, -0.2) is 56.0 Å². The number of rotatable bonds is 6. The van der Waals surface area contributed by atoms with Gasteiger partial charge < -0.3 is 25.4 Å². The van der Waals surface area contributed by atoms with Gasteiger partial charge in [0.2, 0.25) is 0 Å². The van der Waals surface area contributed by atoms with E-state index >= 15 is 0 Å². The van der Waals surface area contributed by atoms with Gasteiger partial charge in [0.25, 0.3) is 0 Å². The van der Waals surface area contributed by atoms with Crippen LogP contribution in [-0.2, 0) is 0 Å². The van der Waals surface area contributed by atoms with E-state index < -0.39 is 5.60 Å². The van der Waals surface area contributed by atoms with Crippen molar-refractivity contribution in [3.8, 4) is 5.75 Å². The van der Waals surface area contributed by atoms with Crippen molar-refractivity contribution in [1.82, 2.24) is 10.6 Å². The maximum absolute atomic E-state index is 10.3. The predicted octanol–water partition coefficient (Wildman–Crippen LogP) is 2.13. The summed E-state index contributed by atoms with van der Waals surface area (Å²) in [7, 11) is 1.70. The highest BCUT2D eigenvalue weighted by Crippen LogP contribution is 2.31. The number of guanidine groups is 1. The molecule has 1 atom stereocenters. The number of piperidine rings is 1. The molecule has 1 aliphatic heterocycles. The molecule has 1 saturated heterocycles. The third kappa shape index (κ3) is 4.81. The molecule has 1 unspecified atom stereocenters. The van der Waals surface area contributed by atoms with Crippen molar-refractivity contribution < 1.29 is 9.84 Å². The molecular weight excluding hydrogens is 328 g/mol. The monoisotopic (exact) mass is 360 g/mol. The molecule has 1 aromatic carbocycles. The van der Waals surface area contributed by atoms with Crippen molar-refractivity contribution in [2.45, 2.75) is 50.7 Å². The molecule has 0 bridgehead atoms. The predicted molar refractivity (Wildman–Crippen MR) is 106 cm³/mol. The fourth-order valence-electron chi connectivity index (χ4n) is 3.62. The van der Waals surface area contributed by atoms with Crippen LogP contribution >= 0.6 is 0 Å². The van der Waals surface area contributed by atoms with Crippen LogP contribution in [0.1, 0.15) is 39.0 Å². The van der Waals surface area contributed by atoms with Gasteiger partial charge in [0.15, 0.2) is 5.96 Å². The topological polar surface area (TPSA) is 69.1 Å². The first-order chi connectivity index (χ1) is 12.6. The molecule has 6 nitrogen and oxygen atoms in total. The minimum atomic E-state index is -0.582. The van der Waals surface area contributed by atoms with Gasteiger partial charge in [-0.25, -0.2) is 0 Å². The first-order valence-corrected chi connectivity index (χ1v) is 9.78. The quantitative estimate of drug-likeness (QED) is 0.536. The third-order valence-corrected chi connectivity index (χ3v) is 5.34. The summed E-state index contributed by atoms with van der Waals surface area (Å²) in [5.74, 6) is 1.70. The van der Waals surface area contributed by atoms with Crippen LogP contribution in [0.15, 0.2) is 29.3 Å². The maximum atomic E-state index is 10.3. The van der Waals surface area contributed by atoms with E-state index in [4.69, 9.17) is 4.74 Å². The molecule has 144 valence electrons. The summed E-state index contributed by atoms with van der Waals surface area (Å²) < 4.78 is 5.35. The van der Waals surface area contributed by atoms with E-state index in [1.165, 1.54) is 5.69 Å². The molecular formula is C20H32N4O2. The second kappa shape index (κ2) is 8.62. The minimum absolute atomic E-state index is 0.337. The summed E-state index contributed by atoms with van der Waals surface area (Å²) in [6.07, 6.45) is 5.09. The molecule has 1 saturated carbocycles. The van der Waals surface area contributed by atoms with Crippen molar-refractivity contribution in [1.29, 1.82) is 0 Å². The normalized spacial score (nSPS) is 22.5. The van der Waals surface area contributed by atoms with Crippen LogP contribution in [0.2, 0.25) is 0 Å². The molecule has 3 rings (SSSR count). The first-order valence-electron chi connectivity index (χ1n) is 9.78. The highest BCUT2D eigenvalue weighted by atomic mass is 16.5. The largest absolute Gasteiger partial charge is 0.497 e. The highest BCUT2D eigenvalue weighted by molar-refractivity contribution is 5.80. The van der Waals surface area contributed by atoms with Crippen molar-refractivity contribution in [2.24, 2.45) is 4.99 Å². The fraction of sp³-hybridized carbons (Fsp3) is 0.650. The van der Waals surface area contributed by atoms with Crippen molar-refractivity contribution in [3.05, 3.63) is 24.3 Å². The van der Waals surface area contributed by atoms with Crippen LogP contribution in [0, 0.1) is 0 Å². The van der Waals surface area contributed by atoms with Crippen LogP contribution < -0.4 is 20.3 Å². The number of hydrogen-bond donors (Lipinski definition) is 3. The molecule has 1 heterocycles. The molecule has 0 amide bonds. The fourth-order valence-corrected chi connectivity index (χ4v) is 3.62. The zero-order chi connectivity index (χ0) is 18.4. The van der Waals surface area contributed by atoms with Gasteiger partial charge in [0.05, 0.1) is 19.3 Å². The second-order valence-corrected chi connectivity index (χ2v) is 7.40. The molecule has 0 radical (unpaired) electrons. The van der Waals surface area contributed by atoms with Gasteiger partial charge in [-0.2, -0.15) is 0 Å². The minimum Gasteiger partial charge on any atom is -0.497 e. The lowest BCUT2D eigenvalue weighted by Gasteiger charge is -2.37. The number of methoxy groups -OCH3 is 1. The van der Waals surface area contributed by atoms with Gasteiger partial charge in [-0.3, -0.25) is 4.99 Å². The first kappa shape index (κ1) is 18.8. The van der Waals surface area contributed by atoms with Crippen LogP contribution in [0.25, 0.3) is 0 Å². The number of nitrogens with zero attached hydrogens (tertiary/aromatic N) is 2. The Morgan fingerprint density at radius 3 is 2.92 bits per heavy atom. The molecule has 0 aromatic heterocycles. The third-order valence-electron chi connectivity index (χ3n) is 5.34. The summed E-state index contributed by atoms with van der Waals surface area (Å²) >= 11 is 0. The Balaban J connectivity index is 1.61. The molecule has 1 aromatic rings. The average Bonchev–Trinajstić information content (AvgIpc) is 2.65. The van der Waals surface area contributed by atoms with Gasteiger partial charge in [0, 0.05) is 37.4 Å². The molecule has 1 aliphatic carbocycles. The molecule has 2 fully saturated rings. The van der Waals surface area contributed by atoms with Crippen molar-refractivity contribution in [3.63, 3.8) is 0 Å². The lowest BCUT2D eigenvalue weighted by atomic mass is 9.80. The SMILES string of the molecule is CCNC(=NCC1(O)CCC1)NC1CCCN(c2cccc(OC)c2)C1. The Morgan fingerprint density at radius 1 is 1.38 bits per heavy atom. The number of nitrogens with one attached hydrogen (secondary N) is 2. The summed E-state index contributed by atoms with van der Waals surface area (Å²) in [4.78, 5) is 7.03. The van der Waals surface area contributed by atoms with Gasteiger partial charge in [-0.1, -0.05) is 6.07 Å². The van der Waals surface area contributed by atoms with Crippen LogP contribution in [0.5, 0.6) is 5.75 Å². The van der Waals surface area contributed by atoms with Crippen LogP contribution in [0.4, 0.5) is 5.69 Å². The zero-order valence-corrected chi connectivity index (χ0v) is 16.0. The average molecular weight is 361 g/mol. The lowest BCUT2D eigenvalue weighted by Crippen LogP contribution is -2.52. The summed E-state index contributed by atoms with van der Waals surface area (Å²) in [5, 5.41) is 17.2. The van der Waals surface area contributed by atoms with E-state index in [0.29, 0.717) is 12.6 Å². The second-order valence-electron chi connectivity index (χ2n) is 7.40. The number of anilines is 1. The molecule has 3 N–H and O–H groups in total. The summed E-state index contributed by atoms with van der Waals surface area (Å²) in [6.45, 7) is 5.35. The van der Waals surface area contributed by atoms with E-state index in [2.05, 4.69) is 39.6 Å². The maximum Gasteiger partial charge on any atom is 0.191 e. The van der Waals surface area contributed by atoms with Gasteiger partial charge >= 0.3 is 0 Å². The molecule has 0 spiro atoms. The van der Waals surface area contributed by atoms with E-state index in [9.17, 15) is 5.11 Å². The number of benzene rings is 1. The molecule has 6 heteroatoms. The van der Waals surface area contributed by atoms with E-state index in [1.54, 1.807) is 7.11 Å². The van der Waals surface area contributed by atoms with E-state index in [-0.39, 0.29) is 0 Å². The molecule has 2 aliphatic rings. The standard InChI is InChI=1S/C20H32N4O2/c1-3-21-19(22-15-20(25)10-6-11-20)23-16-7-5-12-24(14-16)17-8-4-9-18(13-17)26-2/h4,8-9,13,16,25H,3,5-7,10-12,14-15H2,1-2H3,(H2,21,22,23). The number of ether oxygens (including phenoxy) is 1. The number of aliphatic hydroxyl groups is 1. The van der Waals surface area contributed by atoms with Gasteiger partial charge in [-0.15, -0.1) is 0 Å². The number of hydrogen-bond acceptors (Lipinski definition) is 4. The lowest BCUT2D eigenvalue weighted by molar-refractivity contribution is -0.0236. The summed E-state index contributed by atoms with van der Waals surface area (Å²) in [5.41, 5.74) is 0.614. The summed E-state index contributed by atoms with van der Waals surface area (Å²) in [6, 6.07) is 8.58. The highest BCUT2D eigenvalue weighted by Gasteiger charge is 2.34. The zero-order valence-electron chi connectivity index (χ0n) is 16.0. The van der Waals surface area contributed by atoms with Crippen molar-refractivity contribution >= 4 is 11.6 Å². The van der Waals surface area contributed by atoms with Gasteiger partial charge in [-0.05, 0) is 51.2 Å². The van der Waals surface area contributed by atoms with E-state index in [0.717, 1.165) is 63.4 Å². The Morgan fingerprint density at radius 2 is 2.23 bits per heavy atom. The van der Waals surface area contributed by atoms with Gasteiger partial charge in [0.1, 0.15) is 5.75 Å². The Kier molecular flexibility index (Phi) is 6.25. The van der Waals surface area contributed by atoms with E-state index in [1.807, 2.05) is 12.1 Å².